The van der Waals surface area contributed by atoms with Crippen LogP contribution in [0.4, 0.5) is 20.2 Å². The fourth-order valence-corrected chi connectivity index (χ4v) is 2.89. The van der Waals surface area contributed by atoms with E-state index in [4.69, 9.17) is 5.26 Å². The van der Waals surface area contributed by atoms with Crippen molar-refractivity contribution in [1.82, 2.24) is 0 Å². The predicted molar refractivity (Wildman–Crippen MR) is 88.3 cm³/mol. The van der Waals surface area contributed by atoms with Gasteiger partial charge in [-0.2, -0.15) is 5.26 Å². The highest BCUT2D eigenvalue weighted by Gasteiger charge is 2.22. The summed E-state index contributed by atoms with van der Waals surface area (Å²) in [6, 6.07) is 10.5. The predicted octanol–water partition coefficient (Wildman–Crippen LogP) is 2.24. The van der Waals surface area contributed by atoms with E-state index in [1.165, 1.54) is 12.1 Å². The Morgan fingerprint density at radius 1 is 1.20 bits per heavy atom. The van der Waals surface area contributed by atoms with Crippen LogP contribution in [0.15, 0.2) is 42.5 Å². The summed E-state index contributed by atoms with van der Waals surface area (Å²) >= 11 is 0. The summed E-state index contributed by atoms with van der Waals surface area (Å²) in [5, 5.41) is 11.3. The van der Waals surface area contributed by atoms with E-state index in [0.29, 0.717) is 21.6 Å². The van der Waals surface area contributed by atoms with E-state index in [1.807, 2.05) is 6.07 Å². The number of sulfonamides is 1. The Bertz CT molecular complexity index is 955. The van der Waals surface area contributed by atoms with Crippen LogP contribution in [0.3, 0.4) is 0 Å². The quantitative estimate of drug-likeness (QED) is 0.880. The fourth-order valence-electron chi connectivity index (χ4n) is 2.04. The number of benzene rings is 2. The minimum Gasteiger partial charge on any atom is -0.324 e. The van der Waals surface area contributed by atoms with Crippen molar-refractivity contribution in [3.05, 3.63) is 59.7 Å². The zero-order valence-electron chi connectivity index (χ0n) is 13.0. The van der Waals surface area contributed by atoms with E-state index in [-0.39, 0.29) is 5.69 Å². The van der Waals surface area contributed by atoms with E-state index in [2.05, 4.69) is 5.32 Å². The molecule has 0 saturated carbocycles. The summed E-state index contributed by atoms with van der Waals surface area (Å²) < 4.78 is 50.9. The number of anilines is 2. The molecule has 2 rings (SSSR count). The highest BCUT2D eigenvalue weighted by molar-refractivity contribution is 7.92. The van der Waals surface area contributed by atoms with Crippen LogP contribution in [0.2, 0.25) is 0 Å². The molecule has 0 aliphatic heterocycles. The fraction of sp³-hybridized carbons (Fsp3) is 0.125. The highest BCUT2D eigenvalue weighted by atomic mass is 32.2. The molecule has 0 radical (unpaired) electrons. The first-order valence-electron chi connectivity index (χ1n) is 6.93. The van der Waals surface area contributed by atoms with Crippen LogP contribution in [0, 0.1) is 23.0 Å². The second-order valence-corrected chi connectivity index (χ2v) is 7.02. The summed E-state index contributed by atoms with van der Waals surface area (Å²) in [5.74, 6) is -3.06. The number of nitriles is 1. The minimum atomic E-state index is -3.92. The molecule has 25 heavy (non-hydrogen) atoms. The van der Waals surface area contributed by atoms with Gasteiger partial charge in [0, 0.05) is 11.8 Å². The molecule has 0 unspecified atom stereocenters. The van der Waals surface area contributed by atoms with Crippen LogP contribution in [0.25, 0.3) is 0 Å². The Kier molecular flexibility index (Phi) is 5.34. The van der Waals surface area contributed by atoms with Gasteiger partial charge in [0.1, 0.15) is 6.54 Å². The van der Waals surface area contributed by atoms with Gasteiger partial charge >= 0.3 is 0 Å². The van der Waals surface area contributed by atoms with Gasteiger partial charge < -0.3 is 5.32 Å². The molecule has 0 aliphatic rings. The van der Waals surface area contributed by atoms with Crippen LogP contribution >= 0.6 is 0 Å². The van der Waals surface area contributed by atoms with Crippen molar-refractivity contribution in [2.75, 3.05) is 22.4 Å². The van der Waals surface area contributed by atoms with Crippen LogP contribution in [0.1, 0.15) is 5.56 Å². The van der Waals surface area contributed by atoms with Gasteiger partial charge in [-0.25, -0.2) is 17.2 Å². The Morgan fingerprint density at radius 3 is 2.52 bits per heavy atom. The molecule has 0 bridgehead atoms. The third-order valence-electron chi connectivity index (χ3n) is 3.15. The van der Waals surface area contributed by atoms with Gasteiger partial charge in [0.25, 0.3) is 0 Å². The normalized spacial score (nSPS) is 10.8. The van der Waals surface area contributed by atoms with E-state index in [1.54, 1.807) is 12.1 Å². The Morgan fingerprint density at radius 2 is 1.92 bits per heavy atom. The van der Waals surface area contributed by atoms with Crippen molar-refractivity contribution >= 4 is 27.3 Å². The van der Waals surface area contributed by atoms with Gasteiger partial charge in [-0.05, 0) is 30.3 Å². The summed E-state index contributed by atoms with van der Waals surface area (Å²) in [7, 11) is -3.92. The van der Waals surface area contributed by atoms with Crippen molar-refractivity contribution in [2.45, 2.75) is 0 Å². The lowest BCUT2D eigenvalue weighted by Crippen LogP contribution is -2.37. The maximum atomic E-state index is 13.4. The van der Waals surface area contributed by atoms with E-state index in [9.17, 15) is 22.0 Å². The second kappa shape index (κ2) is 7.27. The largest absolute Gasteiger partial charge is 0.324 e. The number of nitrogens with one attached hydrogen (secondary N) is 1. The number of carbonyl (C=O) groups excluding carboxylic acids is 1. The molecule has 0 spiro atoms. The van der Waals surface area contributed by atoms with Crippen molar-refractivity contribution in [2.24, 2.45) is 0 Å². The van der Waals surface area contributed by atoms with E-state index in [0.717, 1.165) is 18.4 Å². The topological polar surface area (TPSA) is 90.3 Å². The number of hydrogen-bond acceptors (Lipinski definition) is 4. The molecule has 0 heterocycles. The molecule has 0 fully saturated rings. The zero-order chi connectivity index (χ0) is 18.6. The van der Waals surface area contributed by atoms with Crippen LogP contribution in [-0.4, -0.2) is 27.1 Å². The monoisotopic (exact) mass is 365 g/mol. The maximum Gasteiger partial charge on any atom is 0.245 e. The smallest absolute Gasteiger partial charge is 0.245 e. The number of nitrogens with zero attached hydrogens (tertiary/aromatic N) is 2. The number of hydrogen-bond donors (Lipinski definition) is 1. The first kappa shape index (κ1) is 18.4. The summed E-state index contributed by atoms with van der Waals surface area (Å²) in [5.41, 5.74) is 0.448. The molecule has 2 aromatic carbocycles. The Balaban J connectivity index is 2.24. The maximum absolute atomic E-state index is 13.4. The van der Waals surface area contributed by atoms with Crippen LogP contribution in [-0.2, 0) is 14.8 Å². The van der Waals surface area contributed by atoms with Crippen molar-refractivity contribution in [1.29, 1.82) is 5.26 Å². The molecule has 0 aromatic heterocycles. The molecular weight excluding hydrogens is 352 g/mol. The molecule has 6 nitrogen and oxygen atoms in total. The Labute approximate surface area is 143 Å². The molecule has 0 saturated heterocycles. The van der Waals surface area contributed by atoms with Gasteiger partial charge in [0.15, 0.2) is 11.6 Å². The molecule has 130 valence electrons. The lowest BCUT2D eigenvalue weighted by Gasteiger charge is -2.22. The number of halogens is 2. The molecule has 2 aromatic rings. The Hall–Kier alpha value is -2.99. The summed E-state index contributed by atoms with van der Waals surface area (Å²) in [6.07, 6.45) is 0.845. The average Bonchev–Trinajstić information content (AvgIpc) is 2.54. The summed E-state index contributed by atoms with van der Waals surface area (Å²) in [4.78, 5) is 12.1. The standard InChI is InChI=1S/C16H13F2N3O3S/c1-25(23,24)21(13-5-6-14(17)15(18)8-13)10-16(22)20-12-4-2-3-11(7-12)9-19/h2-8H,10H2,1H3,(H,20,22). The van der Waals surface area contributed by atoms with Gasteiger partial charge in [-0.15, -0.1) is 0 Å². The molecule has 0 atom stereocenters. The zero-order valence-corrected chi connectivity index (χ0v) is 13.8. The molecule has 9 heteroatoms. The third-order valence-corrected chi connectivity index (χ3v) is 4.29. The van der Waals surface area contributed by atoms with Gasteiger partial charge in [0.05, 0.1) is 23.6 Å². The lowest BCUT2D eigenvalue weighted by atomic mass is 10.2. The van der Waals surface area contributed by atoms with E-state index < -0.39 is 34.1 Å². The van der Waals surface area contributed by atoms with Crippen LogP contribution < -0.4 is 9.62 Å². The van der Waals surface area contributed by atoms with Crippen LogP contribution in [0.5, 0.6) is 0 Å². The first-order valence-corrected chi connectivity index (χ1v) is 8.78. The second-order valence-electron chi connectivity index (χ2n) is 5.11. The van der Waals surface area contributed by atoms with Crippen molar-refractivity contribution in [3.8, 4) is 6.07 Å². The highest BCUT2D eigenvalue weighted by Crippen LogP contribution is 2.20. The van der Waals surface area contributed by atoms with Gasteiger partial charge in [-0.3, -0.25) is 9.10 Å². The van der Waals surface area contributed by atoms with Crippen molar-refractivity contribution < 1.29 is 22.0 Å². The molecule has 1 N–H and O–H groups in total. The number of rotatable bonds is 5. The third kappa shape index (κ3) is 4.74. The lowest BCUT2D eigenvalue weighted by molar-refractivity contribution is -0.114. The molecule has 0 aliphatic carbocycles. The average molecular weight is 365 g/mol. The van der Waals surface area contributed by atoms with Gasteiger partial charge in [-0.1, -0.05) is 6.07 Å². The molecule has 1 amide bonds. The summed E-state index contributed by atoms with van der Waals surface area (Å²) in [6.45, 7) is -0.638. The number of amides is 1. The van der Waals surface area contributed by atoms with Gasteiger partial charge in [0.2, 0.25) is 15.9 Å². The minimum absolute atomic E-state index is 0.178. The SMILES string of the molecule is CS(=O)(=O)N(CC(=O)Nc1cccc(C#N)c1)c1ccc(F)c(F)c1. The number of carbonyl (C=O) groups is 1. The van der Waals surface area contributed by atoms with Crippen molar-refractivity contribution in [3.63, 3.8) is 0 Å². The van der Waals surface area contributed by atoms with E-state index >= 15 is 0 Å². The molecular formula is C16H13F2N3O3S. The first-order chi connectivity index (χ1) is 11.7.